The van der Waals surface area contributed by atoms with E-state index in [4.69, 9.17) is 18.9 Å². The van der Waals surface area contributed by atoms with E-state index in [2.05, 4.69) is 6.92 Å². The molecule has 0 saturated carbocycles. The highest BCUT2D eigenvalue weighted by Crippen LogP contribution is 2.12. The van der Waals surface area contributed by atoms with Crippen LogP contribution in [-0.2, 0) is 18.9 Å². The molecular weight excluding hydrogens is 340 g/mol. The topological polar surface area (TPSA) is 36.9 Å². The van der Waals surface area contributed by atoms with Crippen LogP contribution < -0.4 is 0 Å². The van der Waals surface area contributed by atoms with Gasteiger partial charge in [0.2, 0.25) is 0 Å². The van der Waals surface area contributed by atoms with Crippen molar-refractivity contribution in [2.75, 3.05) is 52.9 Å². The van der Waals surface area contributed by atoms with Gasteiger partial charge in [0.1, 0.15) is 0 Å². The van der Waals surface area contributed by atoms with Gasteiger partial charge in [-0.25, -0.2) is 0 Å². The average Bonchev–Trinajstić information content (AvgIpc) is 2.68. The van der Waals surface area contributed by atoms with Gasteiger partial charge in [-0.1, -0.05) is 84.0 Å². The first-order valence-electron chi connectivity index (χ1n) is 11.7. The fraction of sp³-hybridized carbons (Fsp3) is 1.00. The summed E-state index contributed by atoms with van der Waals surface area (Å²) in [5, 5.41) is 0. The predicted molar refractivity (Wildman–Crippen MR) is 115 cm³/mol. The van der Waals surface area contributed by atoms with Crippen molar-refractivity contribution in [3.05, 3.63) is 0 Å². The third kappa shape index (κ3) is 25.8. The molecule has 4 nitrogen and oxygen atoms in total. The zero-order chi connectivity index (χ0) is 19.7. The summed E-state index contributed by atoms with van der Waals surface area (Å²) < 4.78 is 21.6. The van der Waals surface area contributed by atoms with E-state index in [9.17, 15) is 0 Å². The minimum atomic E-state index is 0.631. The molecule has 0 aromatic carbocycles. The Morgan fingerprint density at radius 3 is 1.07 bits per heavy atom. The quantitative estimate of drug-likeness (QED) is 0.185. The van der Waals surface area contributed by atoms with E-state index in [0.717, 1.165) is 13.2 Å². The highest BCUT2D eigenvalue weighted by atomic mass is 16.6. The van der Waals surface area contributed by atoms with Crippen LogP contribution in [0.5, 0.6) is 0 Å². The summed E-state index contributed by atoms with van der Waals surface area (Å²) in [6, 6.07) is 0. The first-order valence-corrected chi connectivity index (χ1v) is 11.7. The lowest BCUT2D eigenvalue weighted by Gasteiger charge is -2.07. The van der Waals surface area contributed by atoms with E-state index < -0.39 is 0 Å². The Balaban J connectivity index is 2.95. The Labute approximate surface area is 169 Å². The van der Waals surface area contributed by atoms with Crippen LogP contribution in [0.2, 0.25) is 0 Å². The smallest absolute Gasteiger partial charge is 0.0701 e. The summed E-state index contributed by atoms with van der Waals surface area (Å²) in [7, 11) is 0. The molecule has 164 valence electrons. The van der Waals surface area contributed by atoms with Gasteiger partial charge in [0, 0.05) is 13.2 Å². The minimum Gasteiger partial charge on any atom is -0.379 e. The standard InChI is InChI=1S/C23H48O4/c1-3-5-6-7-8-9-10-11-12-13-14-15-16-17-25-20-21-27-23-22-26-19-18-24-4-2/h3-23H2,1-2H3. The Morgan fingerprint density at radius 1 is 0.333 bits per heavy atom. The molecule has 0 rings (SSSR count). The Kier molecular flexibility index (Phi) is 25.7. The largest absolute Gasteiger partial charge is 0.379 e. The van der Waals surface area contributed by atoms with Crippen LogP contribution in [0.25, 0.3) is 0 Å². The maximum atomic E-state index is 5.61. The van der Waals surface area contributed by atoms with Crippen molar-refractivity contribution in [1.29, 1.82) is 0 Å². The van der Waals surface area contributed by atoms with E-state index >= 15 is 0 Å². The van der Waals surface area contributed by atoms with Gasteiger partial charge in [-0.15, -0.1) is 0 Å². The number of rotatable bonds is 24. The molecule has 27 heavy (non-hydrogen) atoms. The molecule has 0 aromatic rings. The summed E-state index contributed by atoms with van der Waals surface area (Å²) in [6.07, 6.45) is 18.0. The number of unbranched alkanes of at least 4 members (excludes halogenated alkanes) is 12. The van der Waals surface area contributed by atoms with E-state index in [1.807, 2.05) is 6.92 Å². The molecule has 0 bridgehead atoms. The molecule has 0 atom stereocenters. The van der Waals surface area contributed by atoms with Crippen molar-refractivity contribution < 1.29 is 18.9 Å². The minimum absolute atomic E-state index is 0.631. The van der Waals surface area contributed by atoms with Crippen molar-refractivity contribution in [1.82, 2.24) is 0 Å². The first-order chi connectivity index (χ1) is 13.4. The molecule has 0 aliphatic carbocycles. The van der Waals surface area contributed by atoms with Gasteiger partial charge in [0.05, 0.1) is 39.6 Å². The zero-order valence-corrected chi connectivity index (χ0v) is 18.5. The van der Waals surface area contributed by atoms with Gasteiger partial charge in [0.25, 0.3) is 0 Å². The van der Waals surface area contributed by atoms with E-state index in [1.165, 1.54) is 83.5 Å². The maximum Gasteiger partial charge on any atom is 0.0701 e. The molecule has 0 heterocycles. The molecule has 0 fully saturated rings. The molecule has 0 amide bonds. The van der Waals surface area contributed by atoms with Crippen molar-refractivity contribution in [3.63, 3.8) is 0 Å². The van der Waals surface area contributed by atoms with Gasteiger partial charge in [-0.2, -0.15) is 0 Å². The fourth-order valence-electron chi connectivity index (χ4n) is 3.03. The normalized spacial score (nSPS) is 11.3. The Hall–Kier alpha value is -0.160. The number of ether oxygens (including phenoxy) is 4. The third-order valence-electron chi connectivity index (χ3n) is 4.71. The van der Waals surface area contributed by atoms with E-state index in [0.29, 0.717) is 39.6 Å². The molecule has 0 radical (unpaired) electrons. The van der Waals surface area contributed by atoms with E-state index in [-0.39, 0.29) is 0 Å². The molecule has 0 N–H and O–H groups in total. The summed E-state index contributed by atoms with van der Waals surface area (Å²) in [5.74, 6) is 0. The van der Waals surface area contributed by atoms with Gasteiger partial charge < -0.3 is 18.9 Å². The zero-order valence-electron chi connectivity index (χ0n) is 18.5. The fourth-order valence-corrected chi connectivity index (χ4v) is 3.03. The summed E-state index contributed by atoms with van der Waals surface area (Å²) in [5.41, 5.74) is 0. The highest BCUT2D eigenvalue weighted by Gasteiger charge is 1.95. The highest BCUT2D eigenvalue weighted by molar-refractivity contribution is 4.49. The second-order valence-corrected chi connectivity index (χ2v) is 7.28. The van der Waals surface area contributed by atoms with Crippen LogP contribution in [0.4, 0.5) is 0 Å². The molecule has 0 saturated heterocycles. The summed E-state index contributed by atoms with van der Waals surface area (Å²) in [6.45, 7) is 9.81. The van der Waals surface area contributed by atoms with Crippen LogP contribution >= 0.6 is 0 Å². The third-order valence-corrected chi connectivity index (χ3v) is 4.71. The van der Waals surface area contributed by atoms with Gasteiger partial charge >= 0.3 is 0 Å². The van der Waals surface area contributed by atoms with Gasteiger partial charge in [-0.05, 0) is 13.3 Å². The molecular formula is C23H48O4. The lowest BCUT2D eigenvalue weighted by atomic mass is 10.0. The van der Waals surface area contributed by atoms with Crippen molar-refractivity contribution in [2.24, 2.45) is 0 Å². The molecule has 0 aromatic heterocycles. The molecule has 0 aliphatic rings. The maximum absolute atomic E-state index is 5.61. The Morgan fingerprint density at radius 2 is 0.667 bits per heavy atom. The molecule has 0 spiro atoms. The second-order valence-electron chi connectivity index (χ2n) is 7.28. The lowest BCUT2D eigenvalue weighted by Crippen LogP contribution is -2.12. The Bertz CT molecular complexity index is 225. The first kappa shape index (κ1) is 26.8. The van der Waals surface area contributed by atoms with Crippen LogP contribution in [0.1, 0.15) is 97.3 Å². The van der Waals surface area contributed by atoms with Crippen LogP contribution in [-0.4, -0.2) is 52.9 Å². The van der Waals surface area contributed by atoms with Crippen molar-refractivity contribution in [2.45, 2.75) is 97.3 Å². The molecule has 4 heteroatoms. The average molecular weight is 389 g/mol. The number of hydrogen-bond donors (Lipinski definition) is 0. The van der Waals surface area contributed by atoms with Crippen LogP contribution in [0.3, 0.4) is 0 Å². The summed E-state index contributed by atoms with van der Waals surface area (Å²) in [4.78, 5) is 0. The van der Waals surface area contributed by atoms with Gasteiger partial charge in [0.15, 0.2) is 0 Å². The predicted octanol–water partition coefficient (Wildman–Crippen LogP) is 6.16. The lowest BCUT2D eigenvalue weighted by molar-refractivity contribution is -0.000841. The number of hydrogen-bond acceptors (Lipinski definition) is 4. The molecule has 0 aliphatic heterocycles. The van der Waals surface area contributed by atoms with Gasteiger partial charge in [-0.3, -0.25) is 0 Å². The van der Waals surface area contributed by atoms with Crippen LogP contribution in [0.15, 0.2) is 0 Å². The summed E-state index contributed by atoms with van der Waals surface area (Å²) >= 11 is 0. The van der Waals surface area contributed by atoms with Crippen LogP contribution in [0, 0.1) is 0 Å². The van der Waals surface area contributed by atoms with Crippen molar-refractivity contribution >= 4 is 0 Å². The van der Waals surface area contributed by atoms with E-state index in [1.54, 1.807) is 0 Å². The monoisotopic (exact) mass is 388 g/mol. The molecule has 0 unspecified atom stereocenters. The van der Waals surface area contributed by atoms with Crippen molar-refractivity contribution in [3.8, 4) is 0 Å². The second kappa shape index (κ2) is 25.8. The SMILES string of the molecule is CCCCCCCCCCCCCCCOCCOCCOCCOCC.